The molecule has 0 spiro atoms. The first-order chi connectivity index (χ1) is 17.3. The largest absolute Gasteiger partial charge is 0.434 e. The molecule has 3 rings (SSSR count). The normalized spacial score (nSPS) is 22.4. The number of hydrogen-bond donors (Lipinski definition) is 3. The van der Waals surface area contributed by atoms with Crippen molar-refractivity contribution in [2.75, 3.05) is 6.54 Å². The van der Waals surface area contributed by atoms with E-state index in [0.717, 1.165) is 18.4 Å². The highest BCUT2D eigenvalue weighted by molar-refractivity contribution is 9.08. The van der Waals surface area contributed by atoms with Crippen molar-refractivity contribution in [3.8, 4) is 17.0 Å². The minimum Gasteiger partial charge on any atom is -0.434 e. The van der Waals surface area contributed by atoms with Crippen molar-refractivity contribution in [2.24, 2.45) is 11.3 Å². The number of carbonyl (C=O) groups is 1. The van der Waals surface area contributed by atoms with Gasteiger partial charge in [-0.05, 0) is 61.6 Å². The fourth-order valence-electron chi connectivity index (χ4n) is 4.83. The molecule has 1 aliphatic rings. The molecule has 3 N–H and O–H groups in total. The smallest absolute Gasteiger partial charge is 0.387 e. The predicted octanol–water partition coefficient (Wildman–Crippen LogP) is 5.96. The van der Waals surface area contributed by atoms with Crippen LogP contribution in [0.2, 0.25) is 5.02 Å². The lowest BCUT2D eigenvalue weighted by Gasteiger charge is -2.41. The van der Waals surface area contributed by atoms with Crippen LogP contribution < -0.4 is 14.4 Å². The lowest BCUT2D eigenvalue weighted by atomic mass is 9.76. The molecule has 1 fully saturated rings. The molecule has 1 aromatic carbocycles. The highest BCUT2D eigenvalue weighted by Gasteiger charge is 2.41. The highest BCUT2D eigenvalue weighted by atomic mass is 79.9. The second-order valence-corrected chi connectivity index (χ2v) is 11.9. The molecule has 1 aliphatic carbocycles. The molecule has 37 heavy (non-hydrogen) atoms. The van der Waals surface area contributed by atoms with E-state index in [2.05, 4.69) is 58.6 Å². The number of carbonyl (C=O) groups excluding carboxylic acids is 1. The molecule has 7 nitrogen and oxygen atoms in total. The number of amides is 1. The molecule has 0 radical (unpaired) electrons. The number of rotatable bonds is 9. The molecule has 1 saturated carbocycles. The van der Waals surface area contributed by atoms with Crippen LogP contribution in [0.15, 0.2) is 18.2 Å². The number of aryl methyl sites for hydroxylation is 1. The Labute approximate surface area is 230 Å². The molecule has 0 saturated heterocycles. The van der Waals surface area contributed by atoms with Gasteiger partial charge in [-0.25, -0.2) is 4.34 Å². The van der Waals surface area contributed by atoms with Crippen molar-refractivity contribution < 1.29 is 23.4 Å². The molecule has 1 unspecified atom stereocenters. The summed E-state index contributed by atoms with van der Waals surface area (Å²) >= 11 is 9.90. The molecule has 2 aromatic rings. The van der Waals surface area contributed by atoms with Crippen molar-refractivity contribution in [2.45, 2.75) is 85.1 Å². The van der Waals surface area contributed by atoms with Crippen molar-refractivity contribution in [3.05, 3.63) is 34.5 Å². The molecule has 3 atom stereocenters. The maximum absolute atomic E-state index is 13.3. The lowest BCUT2D eigenvalue weighted by molar-refractivity contribution is -0.0495. The average molecular weight is 606 g/mol. The molecule has 0 bridgehead atoms. The number of ether oxygens (including phenoxy) is 1. The lowest BCUT2D eigenvalue weighted by Crippen LogP contribution is -2.57. The minimum absolute atomic E-state index is 0.00765. The number of aromatic nitrogens is 2. The number of alkyl halides is 2. The van der Waals surface area contributed by atoms with Gasteiger partial charge in [-0.15, -0.1) is 0 Å². The zero-order valence-electron chi connectivity index (χ0n) is 21.9. The maximum atomic E-state index is 13.3. The average Bonchev–Trinajstić information content (AvgIpc) is 3.14. The predicted molar refractivity (Wildman–Crippen MR) is 144 cm³/mol. The topological polar surface area (TPSA) is 88.4 Å². The van der Waals surface area contributed by atoms with Gasteiger partial charge in [0.2, 0.25) is 0 Å². The van der Waals surface area contributed by atoms with Crippen molar-refractivity contribution in [1.29, 1.82) is 0 Å². The number of nitrogens with zero attached hydrogens (tertiary/aromatic N) is 2. The Balaban J connectivity index is 1.92. The van der Waals surface area contributed by atoms with Gasteiger partial charge < -0.3 is 15.2 Å². The summed E-state index contributed by atoms with van der Waals surface area (Å²) in [5, 5.41) is 18.3. The third kappa shape index (κ3) is 7.22. The van der Waals surface area contributed by atoms with E-state index in [1.54, 1.807) is 12.1 Å². The van der Waals surface area contributed by atoms with Crippen LogP contribution in [0.5, 0.6) is 5.75 Å². The number of nitrogens with one attached hydrogen (secondary N) is 2. The summed E-state index contributed by atoms with van der Waals surface area (Å²) in [6.45, 7) is 7.43. The van der Waals surface area contributed by atoms with Gasteiger partial charge in [0.15, 0.2) is 5.69 Å². The first-order valence-electron chi connectivity index (χ1n) is 12.5. The second kappa shape index (κ2) is 12.0. The van der Waals surface area contributed by atoms with E-state index in [9.17, 15) is 18.7 Å². The van der Waals surface area contributed by atoms with Gasteiger partial charge in [0.1, 0.15) is 5.75 Å². The maximum Gasteiger partial charge on any atom is 0.387 e. The Morgan fingerprint density at radius 3 is 2.70 bits per heavy atom. The second-order valence-electron chi connectivity index (χ2n) is 11.1. The van der Waals surface area contributed by atoms with Gasteiger partial charge in [0.25, 0.3) is 5.91 Å². The van der Waals surface area contributed by atoms with Gasteiger partial charge in [-0.1, -0.05) is 45.4 Å². The van der Waals surface area contributed by atoms with E-state index in [4.69, 9.17) is 16.3 Å². The molecule has 11 heteroatoms. The first kappa shape index (κ1) is 29.8. The van der Waals surface area contributed by atoms with Crippen molar-refractivity contribution >= 4 is 33.7 Å². The van der Waals surface area contributed by atoms with E-state index < -0.39 is 18.1 Å². The number of aliphatic hydroxyl groups is 1. The standard InChI is InChI=1S/C26H36BrClF2N4O3/c1-6-34-22(17-8-7-16(13-25(3,4)5)12-18(17)37-24(29)30)20(28)21(33-34)23(35)31-14-26(36)10-9-15(2)11-19(26)32-27/h7-8,12,15,19,24,32,36H,6,9-11,13-14H2,1-5H3,(H,31,35)/t15-,19?,26-/m1/s1. The van der Waals surface area contributed by atoms with Gasteiger partial charge in [0, 0.05) is 40.8 Å². The van der Waals surface area contributed by atoms with Crippen LogP contribution in [-0.4, -0.2) is 45.6 Å². The fourth-order valence-corrected chi connectivity index (χ4v) is 5.77. The quantitative estimate of drug-likeness (QED) is 0.307. The Hall–Kier alpha value is -1.75. The summed E-state index contributed by atoms with van der Waals surface area (Å²) in [5.74, 6) is -0.140. The zero-order valence-corrected chi connectivity index (χ0v) is 24.2. The molecular formula is C26H36BrClF2N4O3. The van der Waals surface area contributed by atoms with E-state index in [1.165, 1.54) is 4.68 Å². The Morgan fingerprint density at radius 1 is 1.41 bits per heavy atom. The van der Waals surface area contributed by atoms with Crippen LogP contribution in [-0.2, 0) is 13.0 Å². The van der Waals surface area contributed by atoms with Gasteiger partial charge in [-0.3, -0.25) is 9.48 Å². The Bertz CT molecular complexity index is 1110. The van der Waals surface area contributed by atoms with Crippen LogP contribution in [0.25, 0.3) is 11.3 Å². The zero-order chi connectivity index (χ0) is 27.5. The van der Waals surface area contributed by atoms with Crippen molar-refractivity contribution in [3.63, 3.8) is 0 Å². The first-order valence-corrected chi connectivity index (χ1v) is 13.7. The molecule has 1 amide bonds. The van der Waals surface area contributed by atoms with Gasteiger partial charge in [-0.2, -0.15) is 13.9 Å². The Morgan fingerprint density at radius 2 is 2.11 bits per heavy atom. The van der Waals surface area contributed by atoms with Crippen molar-refractivity contribution in [1.82, 2.24) is 19.4 Å². The number of hydrogen-bond acceptors (Lipinski definition) is 5. The van der Waals surface area contributed by atoms with Gasteiger partial charge in [0.05, 0.1) is 16.3 Å². The SMILES string of the molecule is CCn1nc(C(=O)NC[C@]2(O)CC[C@@H](C)CC2NBr)c(Cl)c1-c1ccc(CC(C)(C)C)cc1OC(F)F. The third-order valence-corrected chi connectivity index (χ3v) is 7.62. The van der Waals surface area contributed by atoms with Crippen LogP contribution in [0, 0.1) is 11.3 Å². The highest BCUT2D eigenvalue weighted by Crippen LogP contribution is 2.39. The summed E-state index contributed by atoms with van der Waals surface area (Å²) in [5.41, 5.74) is 0.235. The molecular weight excluding hydrogens is 570 g/mol. The molecule has 1 heterocycles. The van der Waals surface area contributed by atoms with E-state index >= 15 is 0 Å². The molecule has 0 aliphatic heterocycles. The molecule has 1 aromatic heterocycles. The fraction of sp³-hybridized carbons (Fsp3) is 0.615. The third-order valence-electron chi connectivity index (χ3n) is 6.70. The summed E-state index contributed by atoms with van der Waals surface area (Å²) in [4.78, 5) is 13.1. The van der Waals surface area contributed by atoms with Crippen LogP contribution >= 0.6 is 27.7 Å². The summed E-state index contributed by atoms with van der Waals surface area (Å²) in [6.07, 6.45) is 2.78. The van der Waals surface area contributed by atoms with E-state index in [-0.39, 0.29) is 34.5 Å². The molecule has 206 valence electrons. The van der Waals surface area contributed by atoms with Gasteiger partial charge >= 0.3 is 6.61 Å². The Kier molecular flexibility index (Phi) is 9.64. The van der Waals surface area contributed by atoms with E-state index in [0.29, 0.717) is 36.6 Å². The summed E-state index contributed by atoms with van der Waals surface area (Å²) in [6, 6.07) is 4.86. The van der Waals surface area contributed by atoms with Crippen LogP contribution in [0.3, 0.4) is 0 Å². The monoisotopic (exact) mass is 604 g/mol. The number of halogens is 4. The van der Waals surface area contributed by atoms with Crippen LogP contribution in [0.4, 0.5) is 8.78 Å². The minimum atomic E-state index is -3.03. The summed E-state index contributed by atoms with van der Waals surface area (Å²) < 4.78 is 36.0. The number of benzene rings is 1. The van der Waals surface area contributed by atoms with Crippen LogP contribution in [0.1, 0.15) is 69.9 Å². The van der Waals surface area contributed by atoms with E-state index in [1.807, 2.05) is 13.0 Å². The summed E-state index contributed by atoms with van der Waals surface area (Å²) in [7, 11) is 0.